The van der Waals surface area contributed by atoms with Crippen molar-refractivity contribution < 1.29 is 14.3 Å². The summed E-state index contributed by atoms with van der Waals surface area (Å²) in [6, 6.07) is 4.39. The van der Waals surface area contributed by atoms with Gasteiger partial charge in [0, 0.05) is 5.02 Å². The van der Waals surface area contributed by atoms with Gasteiger partial charge < -0.3 is 15.8 Å². The quantitative estimate of drug-likeness (QED) is 0.728. The first-order valence-electron chi connectivity index (χ1n) is 5.38. The fourth-order valence-electron chi connectivity index (χ4n) is 1.46. The molecule has 1 amide bonds. The normalized spacial score (nSPS) is 10.1. The summed E-state index contributed by atoms with van der Waals surface area (Å²) in [5, 5.41) is 8.73. The second kappa shape index (κ2) is 5.57. The Morgan fingerprint density at radius 1 is 1.45 bits per heavy atom. The number of carbonyl (C=O) groups excluding carboxylic acids is 2. The monoisotopic (exact) mass is 295 g/mol. The van der Waals surface area contributed by atoms with Gasteiger partial charge in [-0.3, -0.25) is 9.89 Å². The summed E-state index contributed by atoms with van der Waals surface area (Å²) in [6.45, 7) is 0. The lowest BCUT2D eigenvalue weighted by Gasteiger charge is -2.08. The Bertz CT molecular complexity index is 670. The van der Waals surface area contributed by atoms with Crippen molar-refractivity contribution in [1.82, 2.24) is 15.2 Å². The summed E-state index contributed by atoms with van der Waals surface area (Å²) < 4.78 is 4.62. The minimum Gasteiger partial charge on any atom is -0.465 e. The van der Waals surface area contributed by atoms with Gasteiger partial charge in [-0.1, -0.05) is 11.6 Å². The molecule has 1 heterocycles. The molecule has 0 radical (unpaired) electrons. The van der Waals surface area contributed by atoms with Crippen LogP contribution in [0.4, 0.5) is 11.6 Å². The van der Waals surface area contributed by atoms with E-state index in [2.05, 4.69) is 25.2 Å². The van der Waals surface area contributed by atoms with Crippen LogP contribution in [0.3, 0.4) is 0 Å². The molecule has 0 atom stereocenters. The van der Waals surface area contributed by atoms with E-state index in [1.807, 2.05) is 0 Å². The second-order valence-electron chi connectivity index (χ2n) is 3.68. The highest BCUT2D eigenvalue weighted by molar-refractivity contribution is 6.31. The van der Waals surface area contributed by atoms with Crippen LogP contribution in [0.5, 0.6) is 0 Å². The molecule has 2 aromatic rings. The first-order valence-corrected chi connectivity index (χ1v) is 5.76. The molecule has 4 N–H and O–H groups in total. The van der Waals surface area contributed by atoms with Crippen molar-refractivity contribution in [3.63, 3.8) is 0 Å². The molecule has 1 aromatic carbocycles. The van der Waals surface area contributed by atoms with E-state index in [-0.39, 0.29) is 23.0 Å². The molecule has 8 nitrogen and oxygen atoms in total. The van der Waals surface area contributed by atoms with E-state index in [4.69, 9.17) is 17.3 Å². The molecule has 0 saturated carbocycles. The second-order valence-corrected chi connectivity index (χ2v) is 4.11. The third-order valence-corrected chi connectivity index (χ3v) is 2.59. The van der Waals surface area contributed by atoms with Gasteiger partial charge in [-0.25, -0.2) is 4.79 Å². The fraction of sp³-hybridized carbons (Fsp3) is 0.0909. The van der Waals surface area contributed by atoms with Crippen molar-refractivity contribution in [2.45, 2.75) is 0 Å². The zero-order valence-corrected chi connectivity index (χ0v) is 11.1. The number of esters is 1. The molecular formula is C11H10ClN5O3. The first-order chi connectivity index (χ1) is 9.51. The van der Waals surface area contributed by atoms with E-state index in [1.54, 1.807) is 0 Å². The Balaban J connectivity index is 2.29. The van der Waals surface area contributed by atoms with Crippen molar-refractivity contribution in [1.29, 1.82) is 0 Å². The molecule has 0 aliphatic heterocycles. The minimum absolute atomic E-state index is 0.0561. The molecule has 20 heavy (non-hydrogen) atoms. The molecular weight excluding hydrogens is 286 g/mol. The number of nitrogens with two attached hydrogens (primary N) is 1. The van der Waals surface area contributed by atoms with Gasteiger partial charge >= 0.3 is 5.97 Å². The standard InChI is InChI=1S/C11H10ClN5O3/c1-20-10(19)6-4-5(12)2-3-7(6)14-9(18)8-15-11(13)17-16-8/h2-4H,1H3,(H,14,18)(H3,13,15,16,17). The van der Waals surface area contributed by atoms with E-state index in [1.165, 1.54) is 25.3 Å². The average Bonchev–Trinajstić information content (AvgIpc) is 2.86. The van der Waals surface area contributed by atoms with Gasteiger partial charge in [0.2, 0.25) is 11.8 Å². The maximum Gasteiger partial charge on any atom is 0.340 e. The number of nitrogens with zero attached hydrogens (tertiary/aromatic N) is 2. The summed E-state index contributed by atoms with van der Waals surface area (Å²) >= 11 is 5.81. The number of H-pyrrole nitrogens is 1. The summed E-state index contributed by atoms with van der Waals surface area (Å²) in [7, 11) is 1.23. The molecule has 1 aromatic heterocycles. The molecule has 0 unspecified atom stereocenters. The van der Waals surface area contributed by atoms with Crippen LogP contribution < -0.4 is 11.1 Å². The summed E-state index contributed by atoms with van der Waals surface area (Å²) in [4.78, 5) is 27.2. The molecule has 0 bridgehead atoms. The number of aromatic nitrogens is 3. The number of nitrogen functional groups attached to an aromatic ring is 1. The molecule has 104 valence electrons. The third kappa shape index (κ3) is 2.86. The first kappa shape index (κ1) is 13.8. The Morgan fingerprint density at radius 3 is 2.80 bits per heavy atom. The van der Waals surface area contributed by atoms with Crippen molar-refractivity contribution in [2.24, 2.45) is 0 Å². The van der Waals surface area contributed by atoms with Gasteiger partial charge in [0.25, 0.3) is 5.91 Å². The van der Waals surface area contributed by atoms with Gasteiger partial charge in [0.05, 0.1) is 18.4 Å². The van der Waals surface area contributed by atoms with Crippen LogP contribution in [0.2, 0.25) is 5.02 Å². The number of hydrogen-bond donors (Lipinski definition) is 3. The van der Waals surface area contributed by atoms with E-state index in [0.29, 0.717) is 5.02 Å². The predicted octanol–water partition coefficient (Wildman–Crippen LogP) is 1.08. The van der Waals surface area contributed by atoms with Crippen molar-refractivity contribution >= 4 is 35.1 Å². The highest BCUT2D eigenvalue weighted by atomic mass is 35.5. The molecule has 9 heteroatoms. The highest BCUT2D eigenvalue weighted by Crippen LogP contribution is 2.22. The van der Waals surface area contributed by atoms with Gasteiger partial charge in [0.1, 0.15) is 0 Å². The number of benzene rings is 1. The van der Waals surface area contributed by atoms with E-state index in [0.717, 1.165) is 0 Å². The fourth-order valence-corrected chi connectivity index (χ4v) is 1.63. The van der Waals surface area contributed by atoms with E-state index < -0.39 is 11.9 Å². The summed E-state index contributed by atoms with van der Waals surface area (Å²) in [6.07, 6.45) is 0. The number of amides is 1. The van der Waals surface area contributed by atoms with Crippen LogP contribution in [0.15, 0.2) is 18.2 Å². The summed E-state index contributed by atoms with van der Waals surface area (Å²) in [5.74, 6) is -1.35. The number of rotatable bonds is 3. The molecule has 0 aliphatic carbocycles. The number of ether oxygens (including phenoxy) is 1. The van der Waals surface area contributed by atoms with Crippen molar-refractivity contribution in [3.05, 3.63) is 34.6 Å². The predicted molar refractivity (Wildman–Crippen MR) is 71.5 cm³/mol. The number of methoxy groups -OCH3 is 1. The average molecular weight is 296 g/mol. The number of anilines is 2. The van der Waals surface area contributed by atoms with Crippen LogP contribution in [0.1, 0.15) is 21.0 Å². The van der Waals surface area contributed by atoms with Gasteiger partial charge in [-0.05, 0) is 18.2 Å². The highest BCUT2D eigenvalue weighted by Gasteiger charge is 2.17. The maximum atomic E-state index is 11.9. The molecule has 0 spiro atoms. The van der Waals surface area contributed by atoms with Gasteiger partial charge in [-0.15, -0.1) is 5.10 Å². The van der Waals surface area contributed by atoms with E-state index in [9.17, 15) is 9.59 Å². The number of halogens is 1. The zero-order valence-electron chi connectivity index (χ0n) is 10.3. The van der Waals surface area contributed by atoms with Crippen LogP contribution >= 0.6 is 11.6 Å². The van der Waals surface area contributed by atoms with Gasteiger partial charge in [-0.2, -0.15) is 4.98 Å². The number of nitrogens with one attached hydrogen (secondary N) is 2. The van der Waals surface area contributed by atoms with E-state index >= 15 is 0 Å². The van der Waals surface area contributed by atoms with Gasteiger partial charge in [0.15, 0.2) is 0 Å². The van der Waals surface area contributed by atoms with Crippen molar-refractivity contribution in [3.8, 4) is 0 Å². The lowest BCUT2D eigenvalue weighted by molar-refractivity contribution is 0.0602. The maximum absolute atomic E-state index is 11.9. The molecule has 0 saturated heterocycles. The number of aromatic amines is 1. The Morgan fingerprint density at radius 2 is 2.20 bits per heavy atom. The van der Waals surface area contributed by atoms with Crippen LogP contribution in [0, 0.1) is 0 Å². The third-order valence-electron chi connectivity index (χ3n) is 2.35. The Labute approximate surface area is 118 Å². The largest absolute Gasteiger partial charge is 0.465 e. The topological polar surface area (TPSA) is 123 Å². The smallest absolute Gasteiger partial charge is 0.340 e. The zero-order chi connectivity index (χ0) is 14.7. The van der Waals surface area contributed by atoms with Crippen molar-refractivity contribution in [2.75, 3.05) is 18.2 Å². The lowest BCUT2D eigenvalue weighted by atomic mass is 10.1. The van der Waals surface area contributed by atoms with Crippen LogP contribution in [-0.2, 0) is 4.74 Å². The Hall–Kier alpha value is -2.61. The SMILES string of the molecule is COC(=O)c1cc(Cl)ccc1NC(=O)c1nc(N)n[nH]1. The minimum atomic E-state index is -0.625. The molecule has 2 rings (SSSR count). The number of carbonyl (C=O) groups is 2. The van der Waals surface area contributed by atoms with Crippen LogP contribution in [-0.4, -0.2) is 34.2 Å². The van der Waals surface area contributed by atoms with Crippen LogP contribution in [0.25, 0.3) is 0 Å². The summed E-state index contributed by atoms with van der Waals surface area (Å²) in [5.41, 5.74) is 5.67. The Kier molecular flexibility index (Phi) is 3.85. The molecule has 0 fully saturated rings. The lowest BCUT2D eigenvalue weighted by Crippen LogP contribution is -2.16. The number of hydrogen-bond acceptors (Lipinski definition) is 6. The molecule has 0 aliphatic rings.